The first-order valence-electron chi connectivity index (χ1n) is 7.39. The van der Waals surface area contributed by atoms with Gasteiger partial charge in [-0.05, 0) is 25.0 Å². The van der Waals surface area contributed by atoms with Crippen LogP contribution in [0.1, 0.15) is 31.6 Å². The summed E-state index contributed by atoms with van der Waals surface area (Å²) in [5.41, 5.74) is 0.474. The minimum Gasteiger partial charge on any atom is -0.361 e. The Morgan fingerprint density at radius 2 is 2.00 bits per heavy atom. The molecule has 1 aromatic carbocycles. The zero-order valence-electron chi connectivity index (χ0n) is 11.9. The van der Waals surface area contributed by atoms with E-state index in [1.807, 2.05) is 30.5 Å². The van der Waals surface area contributed by atoms with Crippen LogP contribution in [0.15, 0.2) is 35.0 Å². The van der Waals surface area contributed by atoms with Crippen LogP contribution in [0.2, 0.25) is 0 Å². The Morgan fingerprint density at radius 1 is 1.18 bits per heavy atom. The third-order valence-electron chi connectivity index (χ3n) is 4.60. The molecule has 0 atom stereocenters. The number of aromatic nitrogens is 3. The van der Waals surface area contributed by atoms with Crippen molar-refractivity contribution in [1.29, 1.82) is 0 Å². The zero-order chi connectivity index (χ0) is 15.2. The van der Waals surface area contributed by atoms with Crippen molar-refractivity contribution in [3.63, 3.8) is 0 Å². The molecule has 1 N–H and O–H groups in total. The van der Waals surface area contributed by atoms with E-state index in [4.69, 9.17) is 4.52 Å². The number of fused-ring (bicyclic) bond motifs is 1. The Balaban J connectivity index is 1.80. The van der Waals surface area contributed by atoms with Gasteiger partial charge in [-0.1, -0.05) is 30.1 Å². The van der Waals surface area contributed by atoms with Crippen molar-refractivity contribution in [3.8, 4) is 11.4 Å². The third-order valence-corrected chi connectivity index (χ3v) is 4.60. The van der Waals surface area contributed by atoms with Crippen LogP contribution in [-0.2, 0) is 5.41 Å². The predicted octanol–water partition coefficient (Wildman–Crippen LogP) is 4.29. The SMILES string of the molecule is FC(F)C1(c2nc(-c3cccc4[nH]ccc34)no2)CCCC1. The molecule has 1 aliphatic carbocycles. The Labute approximate surface area is 125 Å². The molecule has 0 unspecified atom stereocenters. The smallest absolute Gasteiger partial charge is 0.252 e. The largest absolute Gasteiger partial charge is 0.361 e. The molecule has 0 amide bonds. The molecule has 0 radical (unpaired) electrons. The summed E-state index contributed by atoms with van der Waals surface area (Å²) in [5.74, 6) is 0.440. The molecule has 0 aliphatic heterocycles. The highest BCUT2D eigenvalue weighted by Crippen LogP contribution is 2.45. The van der Waals surface area contributed by atoms with Crippen molar-refractivity contribution in [2.24, 2.45) is 0 Å². The number of aromatic amines is 1. The highest BCUT2D eigenvalue weighted by Gasteiger charge is 2.48. The maximum Gasteiger partial charge on any atom is 0.252 e. The van der Waals surface area contributed by atoms with E-state index in [1.165, 1.54) is 0 Å². The summed E-state index contributed by atoms with van der Waals surface area (Å²) in [6, 6.07) is 7.60. The van der Waals surface area contributed by atoms with Gasteiger partial charge >= 0.3 is 0 Å². The molecule has 114 valence electrons. The molecule has 1 fully saturated rings. The number of rotatable bonds is 3. The number of hydrogen-bond acceptors (Lipinski definition) is 3. The van der Waals surface area contributed by atoms with Crippen molar-refractivity contribution in [2.45, 2.75) is 37.5 Å². The van der Waals surface area contributed by atoms with Crippen molar-refractivity contribution in [3.05, 3.63) is 36.4 Å². The second kappa shape index (κ2) is 4.90. The van der Waals surface area contributed by atoms with Gasteiger partial charge in [0.05, 0.1) is 0 Å². The molecule has 4 rings (SSSR count). The topological polar surface area (TPSA) is 54.7 Å². The second-order valence-corrected chi connectivity index (χ2v) is 5.83. The molecule has 2 heterocycles. The highest BCUT2D eigenvalue weighted by molar-refractivity contribution is 5.93. The number of alkyl halides is 2. The van der Waals surface area contributed by atoms with Crippen LogP contribution in [0.3, 0.4) is 0 Å². The first-order valence-corrected chi connectivity index (χ1v) is 7.39. The molecule has 1 aliphatic rings. The average Bonchev–Trinajstić information content (AvgIpc) is 3.26. The van der Waals surface area contributed by atoms with Crippen LogP contribution in [-0.4, -0.2) is 21.6 Å². The molecule has 4 nitrogen and oxygen atoms in total. The first-order chi connectivity index (χ1) is 10.7. The molecule has 1 saturated carbocycles. The Kier molecular flexibility index (Phi) is 2.99. The highest BCUT2D eigenvalue weighted by atomic mass is 19.3. The van der Waals surface area contributed by atoms with E-state index in [-0.39, 0.29) is 5.89 Å². The summed E-state index contributed by atoms with van der Waals surface area (Å²) in [5, 5.41) is 4.91. The minimum absolute atomic E-state index is 0.0718. The summed E-state index contributed by atoms with van der Waals surface area (Å²) in [6.45, 7) is 0. The van der Waals surface area contributed by atoms with Crippen LogP contribution in [0.25, 0.3) is 22.3 Å². The maximum absolute atomic E-state index is 13.6. The van der Waals surface area contributed by atoms with E-state index in [2.05, 4.69) is 15.1 Å². The monoisotopic (exact) mass is 303 g/mol. The number of benzene rings is 1. The molecular formula is C16H15F2N3O. The van der Waals surface area contributed by atoms with Crippen molar-refractivity contribution in [2.75, 3.05) is 0 Å². The molecule has 3 aromatic rings. The lowest BCUT2D eigenvalue weighted by Gasteiger charge is -2.22. The Hall–Kier alpha value is -2.24. The average molecular weight is 303 g/mol. The minimum atomic E-state index is -2.48. The van der Waals surface area contributed by atoms with Gasteiger partial charge in [0.1, 0.15) is 5.41 Å². The van der Waals surface area contributed by atoms with E-state index in [0.29, 0.717) is 18.7 Å². The lowest BCUT2D eigenvalue weighted by Crippen LogP contribution is -2.31. The second-order valence-electron chi connectivity index (χ2n) is 5.83. The van der Waals surface area contributed by atoms with Crippen LogP contribution >= 0.6 is 0 Å². The van der Waals surface area contributed by atoms with Crippen LogP contribution < -0.4 is 0 Å². The normalized spacial score (nSPS) is 17.6. The molecule has 0 bridgehead atoms. The van der Waals surface area contributed by atoms with Crippen LogP contribution in [0.4, 0.5) is 8.78 Å². The van der Waals surface area contributed by atoms with Gasteiger partial charge in [-0.25, -0.2) is 8.78 Å². The van der Waals surface area contributed by atoms with E-state index >= 15 is 0 Å². The van der Waals surface area contributed by atoms with Crippen LogP contribution in [0, 0.1) is 0 Å². The fourth-order valence-corrected chi connectivity index (χ4v) is 3.35. The molecule has 22 heavy (non-hydrogen) atoms. The Morgan fingerprint density at radius 3 is 2.77 bits per heavy atom. The summed E-state index contributed by atoms with van der Waals surface area (Å²) in [7, 11) is 0. The number of halogens is 2. The number of hydrogen-bond donors (Lipinski definition) is 1. The zero-order valence-corrected chi connectivity index (χ0v) is 11.9. The van der Waals surface area contributed by atoms with Gasteiger partial charge in [-0.2, -0.15) is 4.98 Å². The first kappa shape index (κ1) is 13.4. The number of nitrogens with zero attached hydrogens (tertiary/aromatic N) is 2. The van der Waals surface area contributed by atoms with Crippen LogP contribution in [0.5, 0.6) is 0 Å². The van der Waals surface area contributed by atoms with Crippen molar-refractivity contribution < 1.29 is 13.3 Å². The standard InChI is InChI=1S/C16H15F2N3O/c17-14(18)16(7-1-2-8-16)15-20-13(21-22-15)11-4-3-5-12-10(11)6-9-19-12/h3-6,9,14,19H,1-2,7-8H2. The fraction of sp³-hybridized carbons (Fsp3) is 0.375. The van der Waals surface area contributed by atoms with Gasteiger partial charge in [0.15, 0.2) is 0 Å². The summed E-state index contributed by atoms with van der Waals surface area (Å²) in [6.07, 6.45) is 1.70. The third kappa shape index (κ3) is 1.86. The summed E-state index contributed by atoms with van der Waals surface area (Å²) >= 11 is 0. The van der Waals surface area contributed by atoms with E-state index in [9.17, 15) is 8.78 Å². The molecule has 0 spiro atoms. The lowest BCUT2D eigenvalue weighted by atomic mass is 9.86. The van der Waals surface area contributed by atoms with Crippen molar-refractivity contribution in [1.82, 2.24) is 15.1 Å². The van der Waals surface area contributed by atoms with Gasteiger partial charge in [0.25, 0.3) is 6.43 Å². The molecule has 2 aromatic heterocycles. The van der Waals surface area contributed by atoms with E-state index < -0.39 is 11.8 Å². The number of nitrogens with one attached hydrogen (secondary N) is 1. The van der Waals surface area contributed by atoms with E-state index in [0.717, 1.165) is 29.3 Å². The van der Waals surface area contributed by atoms with Gasteiger partial charge < -0.3 is 9.51 Å². The summed E-state index contributed by atoms with van der Waals surface area (Å²) < 4.78 is 32.4. The lowest BCUT2D eigenvalue weighted by molar-refractivity contribution is 0.0328. The molecular weight excluding hydrogens is 288 g/mol. The van der Waals surface area contributed by atoms with Gasteiger partial charge in [-0.15, -0.1) is 0 Å². The fourth-order valence-electron chi connectivity index (χ4n) is 3.35. The Bertz CT molecular complexity index is 802. The number of H-pyrrole nitrogens is 1. The quantitative estimate of drug-likeness (QED) is 0.785. The predicted molar refractivity (Wildman–Crippen MR) is 77.7 cm³/mol. The molecule has 0 saturated heterocycles. The van der Waals surface area contributed by atoms with Gasteiger partial charge in [-0.3, -0.25) is 0 Å². The summed E-state index contributed by atoms with van der Waals surface area (Å²) in [4.78, 5) is 7.43. The maximum atomic E-state index is 13.6. The van der Waals surface area contributed by atoms with Gasteiger partial charge in [0.2, 0.25) is 11.7 Å². The molecule has 6 heteroatoms. The van der Waals surface area contributed by atoms with E-state index in [1.54, 1.807) is 0 Å². The van der Waals surface area contributed by atoms with Gasteiger partial charge in [0, 0.05) is 22.7 Å². The van der Waals surface area contributed by atoms with Crippen molar-refractivity contribution >= 4 is 10.9 Å².